The molecular formula is C15H12ClF2NOS. The molecule has 6 heteroatoms. The quantitative estimate of drug-likeness (QED) is 0.804. The second-order valence-corrected chi connectivity index (χ2v) is 5.75. The first-order chi connectivity index (χ1) is 10.1. The largest absolute Gasteiger partial charge is 0.326 e. The van der Waals surface area contributed by atoms with Gasteiger partial charge in [-0.3, -0.25) is 4.79 Å². The second-order valence-electron chi connectivity index (χ2n) is 4.21. The SMILES string of the molecule is O=C(CCSc1ccccc1Cl)Nc1ccc(F)c(F)c1. The molecule has 2 aromatic carbocycles. The van der Waals surface area contributed by atoms with Gasteiger partial charge >= 0.3 is 0 Å². The van der Waals surface area contributed by atoms with E-state index >= 15 is 0 Å². The van der Waals surface area contributed by atoms with Crippen LogP contribution in [0.3, 0.4) is 0 Å². The zero-order valence-corrected chi connectivity index (χ0v) is 12.5. The van der Waals surface area contributed by atoms with Crippen molar-refractivity contribution >= 4 is 35.0 Å². The van der Waals surface area contributed by atoms with Gasteiger partial charge in [-0.25, -0.2) is 8.78 Å². The summed E-state index contributed by atoms with van der Waals surface area (Å²) < 4.78 is 25.8. The van der Waals surface area contributed by atoms with Crippen molar-refractivity contribution in [2.75, 3.05) is 11.1 Å². The van der Waals surface area contributed by atoms with Crippen LogP contribution in [0.5, 0.6) is 0 Å². The Balaban J connectivity index is 1.82. The van der Waals surface area contributed by atoms with E-state index in [0.29, 0.717) is 10.8 Å². The summed E-state index contributed by atoms with van der Waals surface area (Å²) in [5.74, 6) is -1.65. The number of halogens is 3. The summed E-state index contributed by atoms with van der Waals surface area (Å²) in [5, 5.41) is 3.16. The van der Waals surface area contributed by atoms with Crippen molar-refractivity contribution in [3.05, 3.63) is 59.1 Å². The van der Waals surface area contributed by atoms with E-state index in [1.54, 1.807) is 6.07 Å². The fourth-order valence-electron chi connectivity index (χ4n) is 1.61. The Bertz CT molecular complexity index is 651. The van der Waals surface area contributed by atoms with E-state index in [-0.39, 0.29) is 18.0 Å². The molecule has 1 amide bonds. The maximum absolute atomic E-state index is 13.0. The lowest BCUT2D eigenvalue weighted by molar-refractivity contribution is -0.115. The average molecular weight is 328 g/mol. The minimum atomic E-state index is -0.988. The Morgan fingerprint density at radius 2 is 1.90 bits per heavy atom. The third-order valence-electron chi connectivity index (χ3n) is 2.63. The van der Waals surface area contributed by atoms with Gasteiger partial charge in [0, 0.05) is 28.8 Å². The molecule has 0 atom stereocenters. The van der Waals surface area contributed by atoms with Crippen molar-refractivity contribution in [1.29, 1.82) is 0 Å². The number of hydrogen-bond acceptors (Lipinski definition) is 2. The van der Waals surface area contributed by atoms with Crippen LogP contribution in [0.2, 0.25) is 5.02 Å². The number of carbonyl (C=O) groups excluding carboxylic acids is 1. The summed E-state index contributed by atoms with van der Waals surface area (Å²) >= 11 is 7.47. The first kappa shape index (κ1) is 15.8. The molecule has 0 saturated carbocycles. The first-order valence-electron chi connectivity index (χ1n) is 6.18. The van der Waals surface area contributed by atoms with Crippen LogP contribution in [-0.2, 0) is 4.79 Å². The fraction of sp³-hybridized carbons (Fsp3) is 0.133. The van der Waals surface area contributed by atoms with Crippen molar-refractivity contribution in [1.82, 2.24) is 0 Å². The van der Waals surface area contributed by atoms with E-state index in [9.17, 15) is 13.6 Å². The molecule has 0 radical (unpaired) electrons. The lowest BCUT2D eigenvalue weighted by atomic mass is 10.3. The van der Waals surface area contributed by atoms with Crippen LogP contribution in [0, 0.1) is 11.6 Å². The molecule has 0 saturated heterocycles. The Kier molecular flexibility index (Phi) is 5.59. The minimum Gasteiger partial charge on any atom is -0.326 e. The molecule has 0 spiro atoms. The molecule has 0 aliphatic rings. The number of nitrogens with one attached hydrogen (secondary N) is 1. The normalized spacial score (nSPS) is 10.4. The predicted molar refractivity (Wildman–Crippen MR) is 81.8 cm³/mol. The van der Waals surface area contributed by atoms with Gasteiger partial charge in [0.05, 0.1) is 5.02 Å². The number of rotatable bonds is 5. The van der Waals surface area contributed by atoms with Gasteiger partial charge < -0.3 is 5.32 Å². The van der Waals surface area contributed by atoms with Crippen LogP contribution in [0.15, 0.2) is 47.4 Å². The van der Waals surface area contributed by atoms with Crippen LogP contribution in [0.1, 0.15) is 6.42 Å². The van der Waals surface area contributed by atoms with E-state index in [0.717, 1.165) is 17.0 Å². The topological polar surface area (TPSA) is 29.1 Å². The zero-order valence-electron chi connectivity index (χ0n) is 10.9. The maximum Gasteiger partial charge on any atom is 0.225 e. The van der Waals surface area contributed by atoms with Gasteiger partial charge in [0.1, 0.15) is 0 Å². The summed E-state index contributed by atoms with van der Waals surface area (Å²) in [4.78, 5) is 12.6. The molecule has 0 unspecified atom stereocenters. The van der Waals surface area contributed by atoms with Gasteiger partial charge in [0.25, 0.3) is 0 Å². The van der Waals surface area contributed by atoms with E-state index in [1.807, 2.05) is 18.2 Å². The van der Waals surface area contributed by atoms with E-state index in [4.69, 9.17) is 11.6 Å². The zero-order chi connectivity index (χ0) is 15.2. The number of benzene rings is 2. The molecule has 0 aliphatic heterocycles. The number of hydrogen-bond donors (Lipinski definition) is 1. The van der Waals surface area contributed by atoms with Crippen molar-refractivity contribution in [3.63, 3.8) is 0 Å². The Hall–Kier alpha value is -1.59. The number of anilines is 1. The standard InChI is InChI=1S/C15H12ClF2NOS/c16-11-3-1-2-4-14(11)21-8-7-15(20)19-10-5-6-12(17)13(18)9-10/h1-6,9H,7-8H2,(H,19,20). The van der Waals surface area contributed by atoms with E-state index < -0.39 is 11.6 Å². The summed E-state index contributed by atoms with van der Waals surface area (Å²) in [7, 11) is 0. The molecule has 2 aromatic rings. The molecule has 110 valence electrons. The van der Waals surface area contributed by atoms with Gasteiger partial charge in [-0.05, 0) is 24.3 Å². The molecule has 2 rings (SSSR count). The van der Waals surface area contributed by atoms with Crippen LogP contribution in [-0.4, -0.2) is 11.7 Å². The van der Waals surface area contributed by atoms with Crippen molar-refractivity contribution in [2.45, 2.75) is 11.3 Å². The van der Waals surface area contributed by atoms with Gasteiger partial charge in [0.15, 0.2) is 11.6 Å². The molecule has 0 fully saturated rings. The predicted octanol–water partition coefficient (Wildman–Crippen LogP) is 4.74. The monoisotopic (exact) mass is 327 g/mol. The molecule has 2 nitrogen and oxygen atoms in total. The van der Waals surface area contributed by atoms with Crippen molar-refractivity contribution in [3.8, 4) is 0 Å². The molecule has 21 heavy (non-hydrogen) atoms. The van der Waals surface area contributed by atoms with Gasteiger partial charge in [-0.1, -0.05) is 23.7 Å². The molecule has 0 heterocycles. The summed E-state index contributed by atoms with van der Waals surface area (Å²) in [6, 6.07) is 10.6. The molecule has 1 N–H and O–H groups in total. The average Bonchev–Trinajstić information content (AvgIpc) is 2.45. The summed E-state index contributed by atoms with van der Waals surface area (Å²) in [6.07, 6.45) is 0.245. The van der Waals surface area contributed by atoms with Crippen LogP contribution in [0.4, 0.5) is 14.5 Å². The summed E-state index contributed by atoms with van der Waals surface area (Å²) in [6.45, 7) is 0. The molecule has 0 aliphatic carbocycles. The first-order valence-corrected chi connectivity index (χ1v) is 7.55. The maximum atomic E-state index is 13.0. The van der Waals surface area contributed by atoms with Gasteiger partial charge in [-0.15, -0.1) is 11.8 Å². The highest BCUT2D eigenvalue weighted by atomic mass is 35.5. The van der Waals surface area contributed by atoms with Crippen LogP contribution < -0.4 is 5.32 Å². The second kappa shape index (κ2) is 7.43. The number of amides is 1. The Morgan fingerprint density at radius 1 is 1.14 bits per heavy atom. The third-order valence-corrected chi connectivity index (χ3v) is 4.14. The van der Waals surface area contributed by atoms with E-state index in [1.165, 1.54) is 17.8 Å². The molecular weight excluding hydrogens is 316 g/mol. The molecule has 0 bridgehead atoms. The van der Waals surface area contributed by atoms with Gasteiger partial charge in [-0.2, -0.15) is 0 Å². The lowest BCUT2D eigenvalue weighted by Gasteiger charge is -2.06. The van der Waals surface area contributed by atoms with Crippen molar-refractivity contribution < 1.29 is 13.6 Å². The fourth-order valence-corrected chi connectivity index (χ4v) is 2.80. The van der Waals surface area contributed by atoms with Gasteiger partial charge in [0.2, 0.25) is 5.91 Å². The smallest absolute Gasteiger partial charge is 0.225 e. The lowest BCUT2D eigenvalue weighted by Crippen LogP contribution is -2.12. The Morgan fingerprint density at radius 3 is 2.62 bits per heavy atom. The Labute approximate surface area is 130 Å². The highest BCUT2D eigenvalue weighted by Crippen LogP contribution is 2.27. The van der Waals surface area contributed by atoms with Crippen molar-refractivity contribution in [2.24, 2.45) is 0 Å². The minimum absolute atomic E-state index is 0.238. The summed E-state index contributed by atoms with van der Waals surface area (Å²) in [5.41, 5.74) is 0.238. The van der Waals surface area contributed by atoms with E-state index in [2.05, 4.69) is 5.32 Å². The third kappa shape index (κ3) is 4.72. The number of thioether (sulfide) groups is 1. The van der Waals surface area contributed by atoms with Crippen LogP contribution >= 0.6 is 23.4 Å². The molecule has 0 aromatic heterocycles. The van der Waals surface area contributed by atoms with Crippen LogP contribution in [0.25, 0.3) is 0 Å². The highest BCUT2D eigenvalue weighted by Gasteiger charge is 2.07. The highest BCUT2D eigenvalue weighted by molar-refractivity contribution is 7.99. The number of carbonyl (C=O) groups is 1.